The molecule has 1 atom stereocenters. The molecule has 2 rings (SSSR count). The maximum absolute atomic E-state index is 13.1. The van der Waals surface area contributed by atoms with Crippen molar-refractivity contribution in [2.24, 2.45) is 0 Å². The van der Waals surface area contributed by atoms with Crippen LogP contribution in [0.25, 0.3) is 0 Å². The molecule has 0 bridgehead atoms. The highest BCUT2D eigenvalue weighted by atomic mass is 32.2. The normalized spacial score (nSPS) is 11.8. The molecular formula is C16H13F2NO3S. The van der Waals surface area contributed by atoms with E-state index in [1.165, 1.54) is 12.1 Å². The third-order valence-corrected chi connectivity index (χ3v) is 4.16. The molecule has 2 aromatic rings. The van der Waals surface area contributed by atoms with Crippen LogP contribution >= 0.6 is 11.8 Å². The molecule has 0 heterocycles. The van der Waals surface area contributed by atoms with E-state index in [0.29, 0.717) is 4.90 Å². The quantitative estimate of drug-likeness (QED) is 0.815. The third kappa shape index (κ3) is 4.29. The van der Waals surface area contributed by atoms with Gasteiger partial charge in [0.2, 0.25) is 5.91 Å². The molecule has 0 unspecified atom stereocenters. The molecule has 0 radical (unpaired) electrons. The second kappa shape index (κ2) is 7.23. The first-order chi connectivity index (χ1) is 10.9. The SMILES string of the molecule is C[C@@H](Sc1ccccc1C(=O)O)C(=O)Nc1ccc(F)c(F)c1. The standard InChI is InChI=1S/C16H13F2NO3S/c1-9(23-14-5-3-2-4-11(14)16(21)22)15(20)19-10-6-7-12(17)13(18)8-10/h2-9H,1H3,(H,19,20)(H,21,22)/t9-/m1/s1. The maximum atomic E-state index is 13.1. The molecule has 0 aliphatic rings. The van der Waals surface area contributed by atoms with Gasteiger partial charge in [0.1, 0.15) is 0 Å². The Labute approximate surface area is 135 Å². The van der Waals surface area contributed by atoms with Gasteiger partial charge in [0.25, 0.3) is 0 Å². The molecule has 120 valence electrons. The fraction of sp³-hybridized carbons (Fsp3) is 0.125. The molecule has 0 aliphatic carbocycles. The molecular weight excluding hydrogens is 324 g/mol. The van der Waals surface area contributed by atoms with Gasteiger partial charge in [0.05, 0.1) is 10.8 Å². The van der Waals surface area contributed by atoms with E-state index in [4.69, 9.17) is 5.11 Å². The predicted octanol–water partition coefficient (Wildman–Crippen LogP) is 3.78. The van der Waals surface area contributed by atoms with Gasteiger partial charge in [-0.25, -0.2) is 13.6 Å². The Morgan fingerprint density at radius 3 is 2.48 bits per heavy atom. The molecule has 7 heteroatoms. The van der Waals surface area contributed by atoms with Crippen LogP contribution in [0.4, 0.5) is 14.5 Å². The summed E-state index contributed by atoms with van der Waals surface area (Å²) in [6.45, 7) is 1.60. The zero-order chi connectivity index (χ0) is 17.0. The van der Waals surface area contributed by atoms with Crippen LogP contribution in [0.2, 0.25) is 0 Å². The first-order valence-corrected chi connectivity index (χ1v) is 7.51. The van der Waals surface area contributed by atoms with Crippen molar-refractivity contribution >= 4 is 29.3 Å². The monoisotopic (exact) mass is 337 g/mol. The number of carboxylic acid groups (broad SMARTS) is 1. The van der Waals surface area contributed by atoms with Gasteiger partial charge < -0.3 is 10.4 Å². The third-order valence-electron chi connectivity index (χ3n) is 2.98. The highest BCUT2D eigenvalue weighted by Crippen LogP contribution is 2.27. The second-order valence-electron chi connectivity index (χ2n) is 4.68. The van der Waals surface area contributed by atoms with Crippen LogP contribution in [-0.2, 0) is 4.79 Å². The Morgan fingerprint density at radius 1 is 1.13 bits per heavy atom. The summed E-state index contributed by atoms with van der Waals surface area (Å²) in [6, 6.07) is 9.38. The molecule has 0 spiro atoms. The molecule has 0 aliphatic heterocycles. The lowest BCUT2D eigenvalue weighted by molar-refractivity contribution is -0.115. The fourth-order valence-electron chi connectivity index (χ4n) is 1.81. The molecule has 0 fully saturated rings. The first kappa shape index (κ1) is 17.0. The number of hydrogen-bond donors (Lipinski definition) is 2. The minimum atomic E-state index is -1.08. The topological polar surface area (TPSA) is 66.4 Å². The van der Waals surface area contributed by atoms with Crippen LogP contribution in [0, 0.1) is 11.6 Å². The Hall–Kier alpha value is -2.41. The zero-order valence-electron chi connectivity index (χ0n) is 12.0. The smallest absolute Gasteiger partial charge is 0.336 e. The van der Waals surface area contributed by atoms with Gasteiger partial charge in [-0.15, -0.1) is 11.8 Å². The Morgan fingerprint density at radius 2 is 1.83 bits per heavy atom. The summed E-state index contributed by atoms with van der Waals surface area (Å²) in [7, 11) is 0. The number of benzene rings is 2. The Balaban J connectivity index is 2.08. The van der Waals surface area contributed by atoms with E-state index < -0.39 is 28.8 Å². The van der Waals surface area contributed by atoms with Crippen molar-refractivity contribution in [1.29, 1.82) is 0 Å². The highest BCUT2D eigenvalue weighted by Gasteiger charge is 2.18. The molecule has 4 nitrogen and oxygen atoms in total. The minimum absolute atomic E-state index is 0.102. The van der Waals surface area contributed by atoms with Crippen molar-refractivity contribution in [3.05, 3.63) is 59.7 Å². The number of anilines is 1. The summed E-state index contributed by atoms with van der Waals surface area (Å²) < 4.78 is 26.0. The number of amides is 1. The number of thioether (sulfide) groups is 1. The summed E-state index contributed by atoms with van der Waals surface area (Å²) in [4.78, 5) is 23.7. The highest BCUT2D eigenvalue weighted by molar-refractivity contribution is 8.00. The molecule has 0 aromatic heterocycles. The maximum Gasteiger partial charge on any atom is 0.336 e. The van der Waals surface area contributed by atoms with Gasteiger partial charge in [-0.3, -0.25) is 4.79 Å². The first-order valence-electron chi connectivity index (χ1n) is 6.63. The number of hydrogen-bond acceptors (Lipinski definition) is 3. The minimum Gasteiger partial charge on any atom is -0.478 e. The number of carbonyl (C=O) groups excluding carboxylic acids is 1. The summed E-state index contributed by atoms with van der Waals surface area (Å²) in [5, 5.41) is 11.0. The van der Waals surface area contributed by atoms with Crippen LogP contribution in [0.15, 0.2) is 47.4 Å². The van der Waals surface area contributed by atoms with E-state index in [9.17, 15) is 18.4 Å². The summed E-state index contributed by atoms with van der Waals surface area (Å²) in [5.74, 6) is -3.58. The van der Waals surface area contributed by atoms with E-state index in [1.54, 1.807) is 25.1 Å². The molecule has 0 saturated heterocycles. The second-order valence-corrected chi connectivity index (χ2v) is 6.06. The molecule has 23 heavy (non-hydrogen) atoms. The van der Waals surface area contributed by atoms with Crippen molar-refractivity contribution in [2.45, 2.75) is 17.1 Å². The van der Waals surface area contributed by atoms with E-state index in [1.807, 2.05) is 0 Å². The van der Waals surface area contributed by atoms with E-state index in [2.05, 4.69) is 5.32 Å². The predicted molar refractivity (Wildman–Crippen MR) is 83.7 cm³/mol. The van der Waals surface area contributed by atoms with Crippen molar-refractivity contribution in [3.63, 3.8) is 0 Å². The van der Waals surface area contributed by atoms with E-state index in [0.717, 1.165) is 23.9 Å². The summed E-state index contributed by atoms with van der Waals surface area (Å²) in [6.07, 6.45) is 0. The van der Waals surface area contributed by atoms with E-state index in [-0.39, 0.29) is 11.3 Å². The number of halogens is 2. The van der Waals surface area contributed by atoms with Crippen molar-refractivity contribution in [1.82, 2.24) is 0 Å². The van der Waals surface area contributed by atoms with Crippen molar-refractivity contribution in [3.8, 4) is 0 Å². The zero-order valence-corrected chi connectivity index (χ0v) is 12.9. The van der Waals surface area contributed by atoms with E-state index >= 15 is 0 Å². The molecule has 1 amide bonds. The van der Waals surface area contributed by atoms with Crippen LogP contribution in [0.3, 0.4) is 0 Å². The number of carboxylic acids is 1. The van der Waals surface area contributed by atoms with Crippen LogP contribution in [0.5, 0.6) is 0 Å². The molecule has 0 saturated carbocycles. The lowest BCUT2D eigenvalue weighted by Crippen LogP contribution is -2.22. The Kier molecular flexibility index (Phi) is 5.33. The fourth-order valence-corrected chi connectivity index (χ4v) is 2.79. The number of aromatic carboxylic acids is 1. The summed E-state index contributed by atoms with van der Waals surface area (Å²) >= 11 is 1.07. The largest absolute Gasteiger partial charge is 0.478 e. The van der Waals surface area contributed by atoms with Gasteiger partial charge in [-0.05, 0) is 31.2 Å². The van der Waals surface area contributed by atoms with Gasteiger partial charge in [-0.1, -0.05) is 12.1 Å². The van der Waals surface area contributed by atoms with Crippen molar-refractivity contribution < 1.29 is 23.5 Å². The lowest BCUT2D eigenvalue weighted by Gasteiger charge is -2.13. The number of carbonyl (C=O) groups is 2. The Bertz CT molecular complexity index is 752. The number of nitrogens with one attached hydrogen (secondary N) is 1. The average molecular weight is 337 g/mol. The molecule has 2 aromatic carbocycles. The summed E-state index contributed by atoms with van der Waals surface area (Å²) in [5.41, 5.74) is 0.234. The van der Waals surface area contributed by atoms with Gasteiger partial charge in [0, 0.05) is 16.6 Å². The lowest BCUT2D eigenvalue weighted by atomic mass is 10.2. The van der Waals surface area contributed by atoms with Gasteiger partial charge >= 0.3 is 5.97 Å². The van der Waals surface area contributed by atoms with Crippen molar-refractivity contribution in [2.75, 3.05) is 5.32 Å². The van der Waals surface area contributed by atoms with Crippen LogP contribution in [-0.4, -0.2) is 22.2 Å². The molecule has 2 N–H and O–H groups in total. The number of rotatable bonds is 5. The van der Waals surface area contributed by atoms with Crippen LogP contribution in [0.1, 0.15) is 17.3 Å². The van der Waals surface area contributed by atoms with Gasteiger partial charge in [-0.2, -0.15) is 0 Å². The van der Waals surface area contributed by atoms with Crippen LogP contribution < -0.4 is 5.32 Å². The average Bonchev–Trinajstić information content (AvgIpc) is 2.51. The van der Waals surface area contributed by atoms with Gasteiger partial charge in [0.15, 0.2) is 11.6 Å².